The third-order valence-electron chi connectivity index (χ3n) is 4.23. The van der Waals surface area contributed by atoms with Gasteiger partial charge in [0.25, 0.3) is 5.91 Å². The molecule has 0 atom stereocenters. The minimum atomic E-state index is -0.508. The summed E-state index contributed by atoms with van der Waals surface area (Å²) in [6.45, 7) is 1.83. The van der Waals surface area contributed by atoms with E-state index in [4.69, 9.17) is 4.74 Å². The number of hydrogen-bond donors (Lipinski definition) is 1. The van der Waals surface area contributed by atoms with Crippen LogP contribution in [-0.4, -0.2) is 18.5 Å². The molecule has 0 aliphatic rings. The smallest absolute Gasteiger partial charge is 0.340 e. The molecule has 2 heterocycles. The molecule has 0 spiro atoms. The Morgan fingerprint density at radius 2 is 1.79 bits per heavy atom. The van der Waals surface area contributed by atoms with Gasteiger partial charge in [-0.25, -0.2) is 4.79 Å². The lowest BCUT2D eigenvalue weighted by atomic mass is 10.1. The molecule has 0 aliphatic carbocycles. The van der Waals surface area contributed by atoms with Crippen molar-refractivity contribution in [2.45, 2.75) is 26.2 Å². The van der Waals surface area contributed by atoms with Crippen LogP contribution >= 0.6 is 22.7 Å². The highest BCUT2D eigenvalue weighted by Gasteiger charge is 2.17. The van der Waals surface area contributed by atoms with Gasteiger partial charge in [0.15, 0.2) is 6.61 Å². The first kappa shape index (κ1) is 21.0. The van der Waals surface area contributed by atoms with E-state index in [-0.39, 0.29) is 12.5 Å². The van der Waals surface area contributed by atoms with E-state index in [2.05, 4.69) is 12.2 Å². The second-order valence-electron chi connectivity index (χ2n) is 6.48. The van der Waals surface area contributed by atoms with Gasteiger partial charge in [-0.05, 0) is 59.5 Å². The Balaban J connectivity index is 1.57. The summed E-state index contributed by atoms with van der Waals surface area (Å²) in [5.41, 5.74) is 2.39. The molecule has 2 aromatic heterocycles. The Bertz CT molecular complexity index is 943. The van der Waals surface area contributed by atoms with Gasteiger partial charge in [0.2, 0.25) is 0 Å². The Kier molecular flexibility index (Phi) is 7.78. The first-order valence-electron chi connectivity index (χ1n) is 9.50. The van der Waals surface area contributed by atoms with Crippen molar-refractivity contribution in [1.29, 1.82) is 0 Å². The number of anilines is 1. The van der Waals surface area contributed by atoms with Gasteiger partial charge in [-0.1, -0.05) is 37.6 Å². The predicted octanol–water partition coefficient (Wildman–Crippen LogP) is 5.87. The van der Waals surface area contributed by atoms with E-state index in [1.165, 1.54) is 28.2 Å². The van der Waals surface area contributed by atoms with Crippen molar-refractivity contribution in [3.05, 3.63) is 74.6 Å². The van der Waals surface area contributed by atoms with Crippen LogP contribution in [0.2, 0.25) is 0 Å². The number of esters is 1. The van der Waals surface area contributed by atoms with Crippen molar-refractivity contribution in [1.82, 2.24) is 0 Å². The van der Waals surface area contributed by atoms with E-state index in [9.17, 15) is 9.59 Å². The van der Waals surface area contributed by atoms with E-state index in [0.717, 1.165) is 29.0 Å². The maximum Gasteiger partial charge on any atom is 0.340 e. The number of rotatable bonds is 9. The molecule has 4 nitrogen and oxygen atoms in total. The van der Waals surface area contributed by atoms with Gasteiger partial charge in [0, 0.05) is 15.4 Å². The highest BCUT2D eigenvalue weighted by molar-refractivity contribution is 7.12. The molecular weight excluding hydrogens is 402 g/mol. The minimum Gasteiger partial charge on any atom is -0.452 e. The number of aryl methyl sites for hydroxylation is 1. The predicted molar refractivity (Wildman–Crippen MR) is 121 cm³/mol. The van der Waals surface area contributed by atoms with Gasteiger partial charge in [-0.2, -0.15) is 0 Å². The van der Waals surface area contributed by atoms with Gasteiger partial charge < -0.3 is 10.1 Å². The first-order chi connectivity index (χ1) is 14.2. The van der Waals surface area contributed by atoms with Gasteiger partial charge in [0.1, 0.15) is 0 Å². The maximum absolute atomic E-state index is 12.6. The Labute approximate surface area is 178 Å². The van der Waals surface area contributed by atoms with Crippen molar-refractivity contribution < 1.29 is 14.3 Å². The van der Waals surface area contributed by atoms with Crippen LogP contribution in [0.4, 0.5) is 5.69 Å². The number of carbonyl (C=O) groups is 2. The number of unbranched alkanes of at least 4 members (excludes halogenated alkanes) is 1. The zero-order valence-corrected chi connectivity index (χ0v) is 17.9. The molecule has 0 aliphatic heterocycles. The average molecular weight is 426 g/mol. The van der Waals surface area contributed by atoms with E-state index in [0.29, 0.717) is 11.3 Å². The lowest BCUT2D eigenvalue weighted by molar-refractivity contribution is -0.141. The monoisotopic (exact) mass is 425 g/mol. The lowest BCUT2D eigenvalue weighted by Gasteiger charge is -2.09. The van der Waals surface area contributed by atoms with Gasteiger partial charge in [-0.15, -0.1) is 22.7 Å². The molecule has 0 unspecified atom stereocenters. The summed E-state index contributed by atoms with van der Waals surface area (Å²) in [5, 5.41) is 6.62. The van der Waals surface area contributed by atoms with E-state index < -0.39 is 5.97 Å². The van der Waals surface area contributed by atoms with E-state index >= 15 is 0 Å². The van der Waals surface area contributed by atoms with Crippen LogP contribution in [0.1, 0.15) is 35.1 Å². The largest absolute Gasteiger partial charge is 0.452 e. The van der Waals surface area contributed by atoms with Crippen LogP contribution in [0.15, 0.2) is 59.3 Å². The number of carbonyl (C=O) groups excluding carboxylic acids is 2. The van der Waals surface area contributed by atoms with Crippen molar-refractivity contribution in [3.8, 4) is 0 Å². The molecular formula is C23H23NO3S2. The standard InChI is InChI=1S/C23H23NO3S2/c1-2-3-6-17-9-11-18(12-10-17)24-22(25)16-27-23(26)20(21-8-5-14-29-21)15-19-7-4-13-28-19/h4-5,7-15H,2-3,6,16H2,1H3,(H,24,25)/b20-15+. The number of amides is 1. The molecule has 1 N–H and O–H groups in total. The fourth-order valence-electron chi connectivity index (χ4n) is 2.72. The number of thiophene rings is 2. The molecule has 0 fully saturated rings. The number of ether oxygens (including phenoxy) is 1. The normalized spacial score (nSPS) is 11.3. The highest BCUT2D eigenvalue weighted by Crippen LogP contribution is 2.25. The van der Waals surface area contributed by atoms with Gasteiger partial charge >= 0.3 is 5.97 Å². The lowest BCUT2D eigenvalue weighted by Crippen LogP contribution is -2.21. The zero-order valence-electron chi connectivity index (χ0n) is 16.2. The van der Waals surface area contributed by atoms with Crippen LogP contribution in [0, 0.1) is 0 Å². The van der Waals surface area contributed by atoms with Crippen LogP contribution < -0.4 is 5.32 Å². The summed E-state index contributed by atoms with van der Waals surface area (Å²) in [6, 6.07) is 15.4. The molecule has 3 rings (SSSR count). The van der Waals surface area contributed by atoms with Crippen molar-refractivity contribution in [2.75, 3.05) is 11.9 Å². The third-order valence-corrected chi connectivity index (χ3v) is 5.95. The highest BCUT2D eigenvalue weighted by atomic mass is 32.1. The van der Waals surface area contributed by atoms with Gasteiger partial charge in [0.05, 0.1) is 5.57 Å². The summed E-state index contributed by atoms with van der Waals surface area (Å²) in [6.07, 6.45) is 5.13. The summed E-state index contributed by atoms with van der Waals surface area (Å²) < 4.78 is 5.28. The topological polar surface area (TPSA) is 55.4 Å². The quantitative estimate of drug-likeness (QED) is 0.344. The Morgan fingerprint density at radius 1 is 1.03 bits per heavy atom. The van der Waals surface area contributed by atoms with E-state index in [1.54, 1.807) is 6.08 Å². The molecule has 1 amide bonds. The molecule has 1 aromatic carbocycles. The Morgan fingerprint density at radius 3 is 2.45 bits per heavy atom. The van der Waals surface area contributed by atoms with Crippen molar-refractivity contribution in [3.63, 3.8) is 0 Å². The molecule has 0 radical (unpaired) electrons. The molecule has 0 saturated heterocycles. The molecule has 0 saturated carbocycles. The second kappa shape index (κ2) is 10.7. The molecule has 3 aromatic rings. The SMILES string of the molecule is CCCCc1ccc(NC(=O)COC(=O)/C(=C/c2cccs2)c2cccs2)cc1. The fourth-order valence-corrected chi connectivity index (χ4v) is 4.11. The van der Waals surface area contributed by atoms with Crippen molar-refractivity contribution in [2.24, 2.45) is 0 Å². The third kappa shape index (κ3) is 6.41. The zero-order chi connectivity index (χ0) is 20.5. The van der Waals surface area contributed by atoms with Crippen LogP contribution in [0.25, 0.3) is 11.6 Å². The first-order valence-corrected chi connectivity index (χ1v) is 11.3. The van der Waals surface area contributed by atoms with Gasteiger partial charge in [-0.3, -0.25) is 4.79 Å². The van der Waals surface area contributed by atoms with Crippen LogP contribution in [0.5, 0.6) is 0 Å². The van der Waals surface area contributed by atoms with Crippen molar-refractivity contribution >= 4 is 51.9 Å². The van der Waals surface area contributed by atoms with Crippen LogP contribution in [-0.2, 0) is 20.7 Å². The summed E-state index contributed by atoms with van der Waals surface area (Å²) >= 11 is 3.00. The average Bonchev–Trinajstić information content (AvgIpc) is 3.44. The minimum absolute atomic E-state index is 0.330. The second-order valence-corrected chi connectivity index (χ2v) is 8.40. The maximum atomic E-state index is 12.6. The molecule has 0 bridgehead atoms. The van der Waals surface area contributed by atoms with Crippen LogP contribution in [0.3, 0.4) is 0 Å². The summed E-state index contributed by atoms with van der Waals surface area (Å²) in [4.78, 5) is 26.6. The number of benzene rings is 1. The van der Waals surface area contributed by atoms with E-state index in [1.807, 2.05) is 59.3 Å². The summed E-state index contributed by atoms with van der Waals surface area (Å²) in [5.74, 6) is -0.868. The molecule has 150 valence electrons. The summed E-state index contributed by atoms with van der Waals surface area (Å²) in [7, 11) is 0. The Hall–Kier alpha value is -2.70. The molecule has 6 heteroatoms. The fraction of sp³-hybridized carbons (Fsp3) is 0.217. The molecule has 29 heavy (non-hydrogen) atoms. The number of nitrogens with one attached hydrogen (secondary N) is 1. The number of hydrogen-bond acceptors (Lipinski definition) is 5.